The minimum Gasteiger partial charge on any atom is -0.396 e. The summed E-state index contributed by atoms with van der Waals surface area (Å²) in [5.41, 5.74) is 0.148. The van der Waals surface area contributed by atoms with Gasteiger partial charge in [0.15, 0.2) is 0 Å². The van der Waals surface area contributed by atoms with Crippen molar-refractivity contribution < 1.29 is 9.84 Å². The summed E-state index contributed by atoms with van der Waals surface area (Å²) >= 11 is 0. The zero-order valence-electron chi connectivity index (χ0n) is 10.6. The Balaban J connectivity index is 2.48. The Morgan fingerprint density at radius 1 is 1.47 bits per heavy atom. The number of hydrogen-bond donors (Lipinski definition) is 2. The van der Waals surface area contributed by atoms with Crippen LogP contribution < -0.4 is 5.32 Å². The van der Waals surface area contributed by atoms with Gasteiger partial charge in [-0.05, 0) is 26.7 Å². The Morgan fingerprint density at radius 2 is 2.07 bits per heavy atom. The van der Waals surface area contributed by atoms with Crippen molar-refractivity contribution in [2.24, 2.45) is 5.41 Å². The molecule has 0 amide bonds. The fraction of sp³-hybridized carbons (Fsp3) is 1.00. The molecule has 3 nitrogen and oxygen atoms in total. The monoisotopic (exact) mass is 215 g/mol. The minimum atomic E-state index is -0.0103. The van der Waals surface area contributed by atoms with Crippen LogP contribution in [0.25, 0.3) is 0 Å². The predicted octanol–water partition coefficient (Wildman–Crippen LogP) is 1.55. The van der Waals surface area contributed by atoms with E-state index >= 15 is 0 Å². The van der Waals surface area contributed by atoms with Crippen molar-refractivity contribution in [1.82, 2.24) is 5.32 Å². The topological polar surface area (TPSA) is 41.5 Å². The lowest BCUT2D eigenvalue weighted by Gasteiger charge is -2.60. The van der Waals surface area contributed by atoms with Gasteiger partial charge in [0, 0.05) is 31.2 Å². The van der Waals surface area contributed by atoms with Gasteiger partial charge < -0.3 is 15.2 Å². The summed E-state index contributed by atoms with van der Waals surface area (Å²) in [5, 5.41) is 12.4. The van der Waals surface area contributed by atoms with E-state index in [2.05, 4.69) is 33.0 Å². The quantitative estimate of drug-likeness (QED) is 0.731. The molecule has 0 saturated heterocycles. The minimum absolute atomic E-state index is 0.0103. The molecule has 0 aliphatic heterocycles. The van der Waals surface area contributed by atoms with Gasteiger partial charge in [0.1, 0.15) is 0 Å². The maximum Gasteiger partial charge on any atom is 0.0731 e. The summed E-state index contributed by atoms with van der Waals surface area (Å²) in [6, 6.07) is 0.865. The molecule has 3 atom stereocenters. The molecule has 0 aromatic rings. The first-order valence-electron chi connectivity index (χ1n) is 5.79. The second-order valence-corrected chi connectivity index (χ2v) is 5.49. The molecule has 3 heteroatoms. The molecule has 1 aliphatic carbocycles. The van der Waals surface area contributed by atoms with Crippen molar-refractivity contribution in [2.45, 2.75) is 58.2 Å². The van der Waals surface area contributed by atoms with E-state index in [1.165, 1.54) is 0 Å². The fourth-order valence-corrected chi connectivity index (χ4v) is 2.38. The molecule has 0 radical (unpaired) electrons. The maximum atomic E-state index is 8.85. The Morgan fingerprint density at radius 3 is 2.47 bits per heavy atom. The van der Waals surface area contributed by atoms with E-state index in [-0.39, 0.29) is 17.6 Å². The van der Waals surface area contributed by atoms with E-state index in [4.69, 9.17) is 9.84 Å². The largest absolute Gasteiger partial charge is 0.396 e. The van der Waals surface area contributed by atoms with Crippen LogP contribution in [-0.4, -0.2) is 36.5 Å². The highest BCUT2D eigenvalue weighted by molar-refractivity contribution is 5.11. The lowest BCUT2D eigenvalue weighted by molar-refractivity contribution is -0.182. The Bertz CT molecular complexity index is 218. The van der Waals surface area contributed by atoms with Crippen LogP contribution in [0.3, 0.4) is 0 Å². The number of ether oxygens (including phenoxy) is 1. The highest BCUT2D eigenvalue weighted by atomic mass is 16.5. The summed E-state index contributed by atoms with van der Waals surface area (Å²) in [4.78, 5) is 0. The van der Waals surface area contributed by atoms with Crippen LogP contribution in [0.1, 0.15) is 40.5 Å². The van der Waals surface area contributed by atoms with Gasteiger partial charge in [-0.3, -0.25) is 0 Å². The van der Waals surface area contributed by atoms with E-state index in [1.54, 1.807) is 7.11 Å². The molecule has 0 bridgehead atoms. The van der Waals surface area contributed by atoms with Gasteiger partial charge in [-0.2, -0.15) is 0 Å². The predicted molar refractivity (Wildman–Crippen MR) is 61.9 cm³/mol. The SMILES string of the molecule is COC1(C)CC(N[C@H](C)CCO)C1(C)C. The standard InChI is InChI=1S/C12H25NO2/c1-9(6-7-14)13-10-8-12(4,15-5)11(10,2)3/h9-10,13-14H,6-8H2,1-5H3/t9-,10?,12?/m1/s1. The zero-order valence-corrected chi connectivity index (χ0v) is 10.6. The fourth-order valence-electron chi connectivity index (χ4n) is 2.38. The van der Waals surface area contributed by atoms with Gasteiger partial charge in [0.25, 0.3) is 0 Å². The van der Waals surface area contributed by atoms with Gasteiger partial charge in [0.05, 0.1) is 5.60 Å². The Hall–Kier alpha value is -0.120. The molecule has 1 rings (SSSR count). The summed E-state index contributed by atoms with van der Waals surface area (Å²) in [6.07, 6.45) is 1.86. The number of aliphatic hydroxyl groups is 1. The third kappa shape index (κ3) is 2.19. The average molecular weight is 215 g/mol. The molecular formula is C12H25NO2. The van der Waals surface area contributed by atoms with Crippen molar-refractivity contribution >= 4 is 0 Å². The van der Waals surface area contributed by atoms with Gasteiger partial charge in [-0.1, -0.05) is 13.8 Å². The van der Waals surface area contributed by atoms with Crippen molar-refractivity contribution in [3.05, 3.63) is 0 Å². The molecule has 0 heterocycles. The summed E-state index contributed by atoms with van der Waals surface area (Å²) in [5.74, 6) is 0. The number of rotatable bonds is 5. The normalized spacial score (nSPS) is 36.0. The van der Waals surface area contributed by atoms with Crippen LogP contribution in [0, 0.1) is 5.41 Å². The number of hydrogen-bond acceptors (Lipinski definition) is 3. The molecule has 0 aromatic heterocycles. The molecule has 1 saturated carbocycles. The van der Waals surface area contributed by atoms with Crippen molar-refractivity contribution in [1.29, 1.82) is 0 Å². The Kier molecular flexibility index (Phi) is 3.80. The molecule has 1 fully saturated rings. The average Bonchev–Trinajstić information content (AvgIpc) is 2.17. The van der Waals surface area contributed by atoms with E-state index in [0.29, 0.717) is 12.1 Å². The summed E-state index contributed by atoms with van der Waals surface area (Å²) < 4.78 is 5.57. The smallest absolute Gasteiger partial charge is 0.0731 e. The maximum absolute atomic E-state index is 8.85. The lowest BCUT2D eigenvalue weighted by Crippen LogP contribution is -2.68. The van der Waals surface area contributed by atoms with E-state index < -0.39 is 0 Å². The zero-order chi connectivity index (χ0) is 11.7. The lowest BCUT2D eigenvalue weighted by atomic mass is 9.55. The highest BCUT2D eigenvalue weighted by Crippen LogP contribution is 2.51. The summed E-state index contributed by atoms with van der Waals surface area (Å²) in [7, 11) is 1.79. The summed E-state index contributed by atoms with van der Waals surface area (Å²) in [6.45, 7) is 9.02. The highest BCUT2D eigenvalue weighted by Gasteiger charge is 2.57. The molecule has 0 aromatic carbocycles. The molecule has 1 aliphatic rings. The number of nitrogens with one attached hydrogen (secondary N) is 1. The number of methoxy groups -OCH3 is 1. The van der Waals surface area contributed by atoms with E-state index in [9.17, 15) is 0 Å². The third-order valence-corrected chi connectivity index (χ3v) is 4.33. The van der Waals surface area contributed by atoms with Gasteiger partial charge >= 0.3 is 0 Å². The van der Waals surface area contributed by atoms with Crippen molar-refractivity contribution in [3.63, 3.8) is 0 Å². The first-order chi connectivity index (χ1) is 6.87. The molecule has 2 unspecified atom stereocenters. The second kappa shape index (κ2) is 4.40. The van der Waals surface area contributed by atoms with Crippen molar-refractivity contribution in [2.75, 3.05) is 13.7 Å². The molecule has 2 N–H and O–H groups in total. The first-order valence-corrected chi connectivity index (χ1v) is 5.79. The third-order valence-electron chi connectivity index (χ3n) is 4.33. The van der Waals surface area contributed by atoms with Crippen LogP contribution in [0.4, 0.5) is 0 Å². The molecule has 15 heavy (non-hydrogen) atoms. The van der Waals surface area contributed by atoms with Crippen LogP contribution in [0.15, 0.2) is 0 Å². The van der Waals surface area contributed by atoms with Gasteiger partial charge in [-0.25, -0.2) is 0 Å². The Labute approximate surface area is 93.2 Å². The van der Waals surface area contributed by atoms with Crippen LogP contribution in [-0.2, 0) is 4.74 Å². The van der Waals surface area contributed by atoms with Crippen LogP contribution in [0.5, 0.6) is 0 Å². The first kappa shape index (κ1) is 12.9. The second-order valence-electron chi connectivity index (χ2n) is 5.49. The molecule has 90 valence electrons. The van der Waals surface area contributed by atoms with Gasteiger partial charge in [-0.15, -0.1) is 0 Å². The van der Waals surface area contributed by atoms with Gasteiger partial charge in [0.2, 0.25) is 0 Å². The van der Waals surface area contributed by atoms with Crippen LogP contribution >= 0.6 is 0 Å². The van der Waals surface area contributed by atoms with E-state index in [0.717, 1.165) is 12.8 Å². The van der Waals surface area contributed by atoms with E-state index in [1.807, 2.05) is 0 Å². The van der Waals surface area contributed by atoms with Crippen molar-refractivity contribution in [3.8, 4) is 0 Å². The van der Waals surface area contributed by atoms with Crippen LogP contribution in [0.2, 0.25) is 0 Å². The molecule has 0 spiro atoms. The molecular weight excluding hydrogens is 190 g/mol. The number of aliphatic hydroxyl groups excluding tert-OH is 1.